The Morgan fingerprint density at radius 3 is 2.84 bits per heavy atom. The van der Waals surface area contributed by atoms with E-state index in [1.807, 2.05) is 26.0 Å². The van der Waals surface area contributed by atoms with Crippen molar-refractivity contribution in [3.8, 4) is 0 Å². The molecule has 0 amide bonds. The van der Waals surface area contributed by atoms with E-state index in [0.717, 1.165) is 10.9 Å². The monoisotopic (exact) mass is 360 g/mol. The average molecular weight is 360 g/mol. The Morgan fingerprint density at radius 2 is 2.12 bits per heavy atom. The number of sulfonamides is 1. The molecule has 2 heterocycles. The zero-order valence-electron chi connectivity index (χ0n) is 14.4. The first-order valence-corrected chi connectivity index (χ1v) is 9.56. The first-order valence-electron chi connectivity index (χ1n) is 8.08. The Kier molecular flexibility index (Phi) is 4.82. The van der Waals surface area contributed by atoms with E-state index in [2.05, 4.69) is 19.8 Å². The lowest BCUT2D eigenvalue weighted by atomic mass is 10.2. The maximum atomic E-state index is 12.8. The molecule has 0 saturated carbocycles. The molecule has 0 aliphatic heterocycles. The van der Waals surface area contributed by atoms with E-state index in [0.29, 0.717) is 30.1 Å². The number of fused-ring (bicyclic) bond motifs is 1. The SMILES string of the molecule is CCc1noc(CC(C)NS(=O)(=O)c2cccc3cc(C)cnc23)n1. The van der Waals surface area contributed by atoms with Crippen LogP contribution in [0, 0.1) is 6.92 Å². The van der Waals surface area contributed by atoms with Gasteiger partial charge in [0.05, 0.1) is 5.52 Å². The number of rotatable bonds is 6. The summed E-state index contributed by atoms with van der Waals surface area (Å²) in [7, 11) is -3.72. The quantitative estimate of drug-likeness (QED) is 0.725. The summed E-state index contributed by atoms with van der Waals surface area (Å²) < 4.78 is 33.3. The first kappa shape index (κ1) is 17.5. The standard InChI is InChI=1S/C17H20N4O3S/c1-4-15-19-16(24-20-15)9-12(3)21-25(22,23)14-7-5-6-13-8-11(2)10-18-17(13)14/h5-8,10,12,21H,4,9H2,1-3H3. The summed E-state index contributed by atoms with van der Waals surface area (Å²) >= 11 is 0. The van der Waals surface area contributed by atoms with E-state index >= 15 is 0 Å². The van der Waals surface area contributed by atoms with Gasteiger partial charge >= 0.3 is 0 Å². The summed E-state index contributed by atoms with van der Waals surface area (Å²) in [5.74, 6) is 1.03. The fraction of sp³-hybridized carbons (Fsp3) is 0.353. The Balaban J connectivity index is 1.84. The zero-order valence-corrected chi connectivity index (χ0v) is 15.2. The fourth-order valence-corrected chi connectivity index (χ4v) is 4.03. The highest BCUT2D eigenvalue weighted by atomic mass is 32.2. The predicted octanol–water partition coefficient (Wildman–Crippen LogP) is 2.40. The third kappa shape index (κ3) is 3.85. The molecular weight excluding hydrogens is 340 g/mol. The zero-order chi connectivity index (χ0) is 18.0. The van der Waals surface area contributed by atoms with Gasteiger partial charge < -0.3 is 4.52 Å². The molecule has 1 unspecified atom stereocenters. The molecule has 3 rings (SSSR count). The molecule has 0 aliphatic carbocycles. The third-order valence-corrected chi connectivity index (χ3v) is 5.38. The lowest BCUT2D eigenvalue weighted by Crippen LogP contribution is -2.34. The minimum atomic E-state index is -3.72. The topological polar surface area (TPSA) is 98.0 Å². The number of benzene rings is 1. The molecule has 0 aliphatic rings. The van der Waals surface area contributed by atoms with Gasteiger partial charge in [0.1, 0.15) is 4.90 Å². The van der Waals surface area contributed by atoms with Crippen LogP contribution in [0.5, 0.6) is 0 Å². The van der Waals surface area contributed by atoms with Gasteiger partial charge in [0.2, 0.25) is 15.9 Å². The maximum absolute atomic E-state index is 12.8. The van der Waals surface area contributed by atoms with Crippen LogP contribution in [-0.4, -0.2) is 29.6 Å². The molecule has 0 saturated heterocycles. The highest BCUT2D eigenvalue weighted by Crippen LogP contribution is 2.22. The van der Waals surface area contributed by atoms with E-state index in [4.69, 9.17) is 4.52 Å². The van der Waals surface area contributed by atoms with Gasteiger partial charge in [-0.25, -0.2) is 13.1 Å². The minimum absolute atomic E-state index is 0.164. The van der Waals surface area contributed by atoms with Crippen molar-refractivity contribution in [1.29, 1.82) is 0 Å². The largest absolute Gasteiger partial charge is 0.339 e. The highest BCUT2D eigenvalue weighted by molar-refractivity contribution is 7.89. The van der Waals surface area contributed by atoms with Crippen LogP contribution in [0.1, 0.15) is 31.1 Å². The fourth-order valence-electron chi connectivity index (χ4n) is 2.61. The molecule has 8 heteroatoms. The number of nitrogens with zero attached hydrogens (tertiary/aromatic N) is 3. The molecule has 0 bridgehead atoms. The predicted molar refractivity (Wildman–Crippen MR) is 93.6 cm³/mol. The highest BCUT2D eigenvalue weighted by Gasteiger charge is 2.22. The van der Waals surface area contributed by atoms with Crippen LogP contribution in [0.25, 0.3) is 10.9 Å². The number of pyridine rings is 1. The molecule has 2 aromatic heterocycles. The number of hydrogen-bond donors (Lipinski definition) is 1. The smallest absolute Gasteiger partial charge is 0.242 e. The van der Waals surface area contributed by atoms with Crippen LogP contribution in [0.15, 0.2) is 39.9 Å². The van der Waals surface area contributed by atoms with Gasteiger partial charge in [-0.05, 0) is 31.5 Å². The number of hydrogen-bond acceptors (Lipinski definition) is 6. The van der Waals surface area contributed by atoms with Crippen LogP contribution < -0.4 is 4.72 Å². The molecule has 1 atom stereocenters. The molecule has 7 nitrogen and oxygen atoms in total. The van der Waals surface area contributed by atoms with Crippen molar-refractivity contribution < 1.29 is 12.9 Å². The van der Waals surface area contributed by atoms with E-state index < -0.39 is 16.1 Å². The van der Waals surface area contributed by atoms with Crippen molar-refractivity contribution in [2.75, 3.05) is 0 Å². The van der Waals surface area contributed by atoms with Crippen LogP contribution in [-0.2, 0) is 22.9 Å². The van der Waals surface area contributed by atoms with E-state index in [1.165, 1.54) is 0 Å². The molecule has 132 valence electrons. The van der Waals surface area contributed by atoms with E-state index in [9.17, 15) is 8.42 Å². The summed E-state index contributed by atoms with van der Waals surface area (Å²) in [6, 6.07) is 6.64. The van der Waals surface area contributed by atoms with Crippen molar-refractivity contribution in [1.82, 2.24) is 19.8 Å². The molecule has 1 aromatic carbocycles. The molecule has 3 aromatic rings. The Morgan fingerprint density at radius 1 is 1.32 bits per heavy atom. The summed E-state index contributed by atoms with van der Waals surface area (Å²) in [6.45, 7) is 5.61. The molecule has 25 heavy (non-hydrogen) atoms. The lowest BCUT2D eigenvalue weighted by molar-refractivity contribution is 0.364. The van der Waals surface area contributed by atoms with Crippen molar-refractivity contribution >= 4 is 20.9 Å². The van der Waals surface area contributed by atoms with Crippen molar-refractivity contribution in [2.24, 2.45) is 0 Å². The average Bonchev–Trinajstić information content (AvgIpc) is 3.00. The maximum Gasteiger partial charge on any atom is 0.242 e. The molecule has 0 radical (unpaired) electrons. The van der Waals surface area contributed by atoms with Crippen molar-refractivity contribution in [3.05, 3.63) is 47.7 Å². The van der Waals surface area contributed by atoms with E-state index in [1.54, 1.807) is 25.3 Å². The molecule has 0 spiro atoms. The van der Waals surface area contributed by atoms with Gasteiger partial charge in [-0.1, -0.05) is 24.2 Å². The summed E-state index contributed by atoms with van der Waals surface area (Å²) in [6.07, 6.45) is 2.66. The molecule has 0 fully saturated rings. The van der Waals surface area contributed by atoms with Crippen LogP contribution in [0.3, 0.4) is 0 Å². The van der Waals surface area contributed by atoms with Gasteiger partial charge in [0, 0.05) is 30.5 Å². The molecule has 1 N–H and O–H groups in total. The Labute approximate surface area is 146 Å². The number of para-hydroxylation sites is 1. The van der Waals surface area contributed by atoms with Crippen molar-refractivity contribution in [3.63, 3.8) is 0 Å². The van der Waals surface area contributed by atoms with Crippen molar-refractivity contribution in [2.45, 2.75) is 44.6 Å². The van der Waals surface area contributed by atoms with Gasteiger partial charge in [0.15, 0.2) is 5.82 Å². The number of aromatic nitrogens is 3. The lowest BCUT2D eigenvalue weighted by Gasteiger charge is -2.13. The number of aryl methyl sites for hydroxylation is 2. The second kappa shape index (κ2) is 6.89. The normalized spacial score (nSPS) is 13.2. The summed E-state index contributed by atoms with van der Waals surface area (Å²) in [5.41, 5.74) is 1.44. The Bertz CT molecular complexity index is 998. The second-order valence-corrected chi connectivity index (χ2v) is 7.71. The summed E-state index contributed by atoms with van der Waals surface area (Å²) in [4.78, 5) is 8.66. The van der Waals surface area contributed by atoms with Crippen LogP contribution in [0.2, 0.25) is 0 Å². The van der Waals surface area contributed by atoms with Gasteiger partial charge in [-0.3, -0.25) is 4.98 Å². The minimum Gasteiger partial charge on any atom is -0.339 e. The van der Waals surface area contributed by atoms with E-state index in [-0.39, 0.29) is 4.90 Å². The Hall–Kier alpha value is -2.32. The number of nitrogens with one attached hydrogen (secondary N) is 1. The van der Waals surface area contributed by atoms with Crippen LogP contribution >= 0.6 is 0 Å². The third-order valence-electron chi connectivity index (χ3n) is 3.76. The second-order valence-electron chi connectivity index (χ2n) is 6.02. The van der Waals surface area contributed by atoms with Gasteiger partial charge in [-0.2, -0.15) is 4.98 Å². The summed E-state index contributed by atoms with van der Waals surface area (Å²) in [5, 5.41) is 4.61. The van der Waals surface area contributed by atoms with Gasteiger partial charge in [-0.15, -0.1) is 0 Å². The van der Waals surface area contributed by atoms with Crippen LogP contribution in [0.4, 0.5) is 0 Å². The first-order chi connectivity index (χ1) is 11.9. The van der Waals surface area contributed by atoms with Gasteiger partial charge in [0.25, 0.3) is 0 Å². The molecular formula is C17H20N4O3S.